The first-order valence-electron chi connectivity index (χ1n) is 6.40. The minimum atomic E-state index is -0.451. The molecule has 0 aliphatic heterocycles. The van der Waals surface area contributed by atoms with E-state index < -0.39 is 5.97 Å². The molecule has 5 nitrogen and oxygen atoms in total. The van der Waals surface area contributed by atoms with Crippen LogP contribution in [0.3, 0.4) is 0 Å². The van der Waals surface area contributed by atoms with Crippen LogP contribution in [0.15, 0.2) is 0 Å². The molecule has 0 aliphatic carbocycles. The van der Waals surface area contributed by atoms with E-state index in [0.29, 0.717) is 12.3 Å². The van der Waals surface area contributed by atoms with E-state index in [1.807, 2.05) is 0 Å². The molecular weight excluding hydrogens is 254 g/mol. The van der Waals surface area contributed by atoms with E-state index in [4.69, 9.17) is 16.3 Å². The van der Waals surface area contributed by atoms with Crippen LogP contribution >= 0.6 is 11.6 Å². The predicted molar refractivity (Wildman–Crippen MR) is 69.7 cm³/mol. The van der Waals surface area contributed by atoms with E-state index >= 15 is 0 Å². The highest BCUT2D eigenvalue weighted by Gasteiger charge is 2.19. The van der Waals surface area contributed by atoms with Crippen molar-refractivity contribution in [3.05, 3.63) is 11.4 Å². The van der Waals surface area contributed by atoms with Crippen molar-refractivity contribution in [2.75, 3.05) is 6.61 Å². The van der Waals surface area contributed by atoms with Crippen molar-refractivity contribution in [2.45, 2.75) is 52.0 Å². The van der Waals surface area contributed by atoms with Gasteiger partial charge in [-0.1, -0.05) is 31.4 Å². The van der Waals surface area contributed by atoms with Crippen LogP contribution in [0.25, 0.3) is 0 Å². The van der Waals surface area contributed by atoms with E-state index in [2.05, 4.69) is 17.2 Å². The van der Waals surface area contributed by atoms with Gasteiger partial charge in [0.05, 0.1) is 18.2 Å². The van der Waals surface area contributed by atoms with Crippen molar-refractivity contribution in [2.24, 2.45) is 0 Å². The number of ether oxygens (including phenoxy) is 1. The van der Waals surface area contributed by atoms with Crippen LogP contribution in [-0.2, 0) is 17.2 Å². The summed E-state index contributed by atoms with van der Waals surface area (Å²) >= 11 is 5.85. The molecule has 1 aromatic heterocycles. The van der Waals surface area contributed by atoms with Gasteiger partial charge in [-0.3, -0.25) is 0 Å². The Hall–Kier alpha value is -1.10. The fourth-order valence-corrected chi connectivity index (χ4v) is 1.96. The average Bonchev–Trinajstić information content (AvgIpc) is 2.78. The molecule has 0 fully saturated rings. The molecular formula is C12H20ClN3O2. The Morgan fingerprint density at radius 2 is 2.11 bits per heavy atom. The minimum absolute atomic E-state index is 0.217. The average molecular weight is 274 g/mol. The summed E-state index contributed by atoms with van der Waals surface area (Å²) in [5, 5.41) is 7.83. The maximum atomic E-state index is 11.6. The predicted octanol–water partition coefficient (Wildman–Crippen LogP) is 2.77. The fraction of sp³-hybridized carbons (Fsp3) is 0.750. The van der Waals surface area contributed by atoms with Gasteiger partial charge in [0.25, 0.3) is 0 Å². The van der Waals surface area contributed by atoms with E-state index in [1.54, 1.807) is 11.6 Å². The number of aryl methyl sites for hydroxylation is 1. The highest BCUT2D eigenvalue weighted by atomic mass is 35.5. The van der Waals surface area contributed by atoms with Gasteiger partial charge in [0.15, 0.2) is 5.69 Å². The number of carbonyl (C=O) groups excluding carboxylic acids is 1. The second-order valence-corrected chi connectivity index (χ2v) is 4.29. The second kappa shape index (κ2) is 8.08. The standard InChI is InChI=1S/C12H20ClN3O2/c1-3-5-6-7-8-16-10(9-13)11(14-15-16)12(17)18-4-2/h3-9H2,1-2H3. The molecule has 6 heteroatoms. The maximum Gasteiger partial charge on any atom is 0.360 e. The molecule has 1 aromatic rings. The van der Waals surface area contributed by atoms with E-state index in [0.717, 1.165) is 19.4 Å². The van der Waals surface area contributed by atoms with Gasteiger partial charge < -0.3 is 4.74 Å². The molecule has 0 atom stereocenters. The third-order valence-corrected chi connectivity index (χ3v) is 2.91. The first-order chi connectivity index (χ1) is 8.74. The molecule has 1 heterocycles. The Labute approximate surface area is 112 Å². The van der Waals surface area contributed by atoms with Gasteiger partial charge in [-0.05, 0) is 13.3 Å². The lowest BCUT2D eigenvalue weighted by Crippen LogP contribution is -2.10. The highest BCUT2D eigenvalue weighted by molar-refractivity contribution is 6.17. The molecule has 0 bridgehead atoms. The Morgan fingerprint density at radius 3 is 2.72 bits per heavy atom. The molecule has 0 spiro atoms. The normalized spacial score (nSPS) is 10.6. The summed E-state index contributed by atoms with van der Waals surface area (Å²) in [5.74, 6) is -0.234. The lowest BCUT2D eigenvalue weighted by molar-refractivity contribution is 0.0518. The first kappa shape index (κ1) is 15.0. The van der Waals surface area contributed by atoms with Crippen LogP contribution < -0.4 is 0 Å². The van der Waals surface area contributed by atoms with E-state index in [-0.39, 0.29) is 11.6 Å². The minimum Gasteiger partial charge on any atom is -0.461 e. The Balaban J connectivity index is 2.66. The van der Waals surface area contributed by atoms with Crippen molar-refractivity contribution in [3.63, 3.8) is 0 Å². The van der Waals surface area contributed by atoms with Gasteiger partial charge in [0.2, 0.25) is 0 Å². The zero-order chi connectivity index (χ0) is 13.4. The van der Waals surface area contributed by atoms with Crippen molar-refractivity contribution < 1.29 is 9.53 Å². The van der Waals surface area contributed by atoms with Gasteiger partial charge in [0, 0.05) is 6.54 Å². The van der Waals surface area contributed by atoms with Gasteiger partial charge >= 0.3 is 5.97 Å². The van der Waals surface area contributed by atoms with Crippen molar-refractivity contribution in [1.29, 1.82) is 0 Å². The molecule has 0 radical (unpaired) electrons. The number of unbranched alkanes of at least 4 members (excludes halogenated alkanes) is 3. The molecule has 0 saturated carbocycles. The van der Waals surface area contributed by atoms with Gasteiger partial charge in [-0.2, -0.15) is 0 Å². The quantitative estimate of drug-likeness (QED) is 0.415. The molecule has 18 heavy (non-hydrogen) atoms. The molecule has 0 aromatic carbocycles. The van der Waals surface area contributed by atoms with Gasteiger partial charge in [0.1, 0.15) is 0 Å². The van der Waals surface area contributed by atoms with Crippen LogP contribution in [0.2, 0.25) is 0 Å². The number of hydrogen-bond acceptors (Lipinski definition) is 4. The number of alkyl halides is 1. The third-order valence-electron chi connectivity index (χ3n) is 2.66. The largest absolute Gasteiger partial charge is 0.461 e. The summed E-state index contributed by atoms with van der Waals surface area (Å²) in [6.45, 7) is 4.99. The summed E-state index contributed by atoms with van der Waals surface area (Å²) in [6.07, 6.45) is 4.56. The Morgan fingerprint density at radius 1 is 1.33 bits per heavy atom. The molecule has 0 unspecified atom stereocenters. The summed E-state index contributed by atoms with van der Waals surface area (Å²) in [7, 11) is 0. The monoisotopic (exact) mass is 273 g/mol. The number of halogens is 1. The first-order valence-corrected chi connectivity index (χ1v) is 6.93. The number of rotatable bonds is 8. The second-order valence-electron chi connectivity index (χ2n) is 4.02. The molecule has 0 saturated heterocycles. The number of aromatic nitrogens is 3. The SMILES string of the molecule is CCCCCCn1nnc(C(=O)OCC)c1CCl. The summed E-state index contributed by atoms with van der Waals surface area (Å²) < 4.78 is 6.62. The van der Waals surface area contributed by atoms with Crippen molar-refractivity contribution >= 4 is 17.6 Å². The third kappa shape index (κ3) is 3.98. The van der Waals surface area contributed by atoms with Crippen molar-refractivity contribution in [3.8, 4) is 0 Å². The summed E-state index contributed by atoms with van der Waals surface area (Å²) in [4.78, 5) is 11.6. The highest BCUT2D eigenvalue weighted by Crippen LogP contribution is 2.12. The molecule has 0 amide bonds. The summed E-state index contributed by atoms with van der Waals surface area (Å²) in [5.41, 5.74) is 0.883. The number of carbonyl (C=O) groups is 1. The zero-order valence-corrected chi connectivity index (χ0v) is 11.7. The zero-order valence-electron chi connectivity index (χ0n) is 11.0. The van der Waals surface area contributed by atoms with E-state index in [9.17, 15) is 4.79 Å². The number of esters is 1. The summed E-state index contributed by atoms with van der Waals surface area (Å²) in [6, 6.07) is 0. The molecule has 0 N–H and O–H groups in total. The fourth-order valence-electron chi connectivity index (χ4n) is 1.69. The van der Waals surface area contributed by atoms with Crippen LogP contribution in [-0.4, -0.2) is 27.6 Å². The smallest absolute Gasteiger partial charge is 0.360 e. The number of hydrogen-bond donors (Lipinski definition) is 0. The molecule has 102 valence electrons. The van der Waals surface area contributed by atoms with Gasteiger partial charge in [-0.25, -0.2) is 9.48 Å². The van der Waals surface area contributed by atoms with Crippen LogP contribution in [0.5, 0.6) is 0 Å². The van der Waals surface area contributed by atoms with Crippen molar-refractivity contribution in [1.82, 2.24) is 15.0 Å². The van der Waals surface area contributed by atoms with Crippen LogP contribution in [0.4, 0.5) is 0 Å². The lowest BCUT2D eigenvalue weighted by Gasteiger charge is -2.04. The molecule has 0 aliphatic rings. The number of nitrogens with zero attached hydrogens (tertiary/aromatic N) is 3. The Bertz CT molecular complexity index is 379. The van der Waals surface area contributed by atoms with E-state index in [1.165, 1.54) is 12.8 Å². The Kier molecular flexibility index (Phi) is 6.72. The maximum absolute atomic E-state index is 11.6. The van der Waals surface area contributed by atoms with Gasteiger partial charge in [-0.15, -0.1) is 16.7 Å². The lowest BCUT2D eigenvalue weighted by atomic mass is 10.2. The topological polar surface area (TPSA) is 57.0 Å². The van der Waals surface area contributed by atoms with Crippen LogP contribution in [0, 0.1) is 0 Å². The molecule has 1 rings (SSSR count). The van der Waals surface area contributed by atoms with Crippen LogP contribution in [0.1, 0.15) is 55.7 Å².